The molecule has 1 aromatic heterocycles. The first-order valence-corrected chi connectivity index (χ1v) is 6.46. The van der Waals surface area contributed by atoms with Crippen LogP contribution in [-0.2, 0) is 6.42 Å². The number of anilines is 1. The molecule has 1 N–H and O–H groups in total. The number of aromatic nitrogens is 1. The fourth-order valence-electron chi connectivity index (χ4n) is 2.03. The normalized spacial score (nSPS) is 9.95. The molecule has 0 aliphatic heterocycles. The van der Waals surface area contributed by atoms with Gasteiger partial charge in [0, 0.05) is 12.6 Å². The van der Waals surface area contributed by atoms with Gasteiger partial charge in [0.15, 0.2) is 0 Å². The molecule has 0 saturated heterocycles. The van der Waals surface area contributed by atoms with E-state index in [1.807, 2.05) is 6.07 Å². The summed E-state index contributed by atoms with van der Waals surface area (Å²) in [6.07, 6.45) is 2.25. The zero-order valence-electron chi connectivity index (χ0n) is 11.3. The van der Waals surface area contributed by atoms with Crippen LogP contribution in [0.1, 0.15) is 24.5 Å². The van der Waals surface area contributed by atoms with Crippen molar-refractivity contribution in [2.24, 2.45) is 0 Å². The molecule has 0 unspecified atom stereocenters. The van der Waals surface area contributed by atoms with Crippen molar-refractivity contribution in [1.82, 2.24) is 4.98 Å². The standard InChI is InChI=1S/C16H17N3/c1-3-4-12-5-7-13(8-6-12)15-10-9-14(11-17)16(18-2)19-15/h5-10H,3-4H2,1-2H3,(H,18,19). The molecule has 0 amide bonds. The summed E-state index contributed by atoms with van der Waals surface area (Å²) in [6, 6.07) is 14.2. The maximum absolute atomic E-state index is 8.98. The predicted octanol–water partition coefficient (Wildman–Crippen LogP) is 3.61. The van der Waals surface area contributed by atoms with Crippen molar-refractivity contribution < 1.29 is 0 Å². The largest absolute Gasteiger partial charge is 0.372 e. The summed E-state index contributed by atoms with van der Waals surface area (Å²) in [7, 11) is 1.78. The smallest absolute Gasteiger partial charge is 0.144 e. The number of rotatable bonds is 4. The number of nitriles is 1. The third kappa shape index (κ3) is 2.92. The molecule has 1 heterocycles. The summed E-state index contributed by atoms with van der Waals surface area (Å²) in [5.41, 5.74) is 3.86. The summed E-state index contributed by atoms with van der Waals surface area (Å²) in [5, 5.41) is 11.9. The van der Waals surface area contributed by atoms with E-state index in [4.69, 9.17) is 5.26 Å². The Balaban J connectivity index is 2.34. The lowest BCUT2D eigenvalue weighted by atomic mass is 10.1. The van der Waals surface area contributed by atoms with Gasteiger partial charge in [0.05, 0.1) is 11.3 Å². The number of hydrogen-bond donors (Lipinski definition) is 1. The quantitative estimate of drug-likeness (QED) is 0.903. The van der Waals surface area contributed by atoms with E-state index in [0.717, 1.165) is 24.1 Å². The van der Waals surface area contributed by atoms with Crippen LogP contribution < -0.4 is 5.32 Å². The lowest BCUT2D eigenvalue weighted by molar-refractivity contribution is 0.922. The van der Waals surface area contributed by atoms with Gasteiger partial charge in [0.1, 0.15) is 11.9 Å². The molecule has 1 aromatic carbocycles. The Labute approximate surface area is 113 Å². The van der Waals surface area contributed by atoms with Crippen LogP contribution in [0.2, 0.25) is 0 Å². The molecule has 2 aromatic rings. The van der Waals surface area contributed by atoms with E-state index in [9.17, 15) is 0 Å². The molecular formula is C16H17N3. The number of pyridine rings is 1. The molecule has 0 atom stereocenters. The molecule has 0 radical (unpaired) electrons. The van der Waals surface area contributed by atoms with Gasteiger partial charge in [0.25, 0.3) is 0 Å². The van der Waals surface area contributed by atoms with E-state index >= 15 is 0 Å². The minimum atomic E-state index is 0.564. The molecule has 3 nitrogen and oxygen atoms in total. The summed E-state index contributed by atoms with van der Waals surface area (Å²) < 4.78 is 0. The predicted molar refractivity (Wildman–Crippen MR) is 77.9 cm³/mol. The SMILES string of the molecule is CCCc1ccc(-c2ccc(C#N)c(NC)n2)cc1. The highest BCUT2D eigenvalue weighted by Crippen LogP contribution is 2.22. The Morgan fingerprint density at radius 2 is 1.89 bits per heavy atom. The number of nitrogens with zero attached hydrogens (tertiary/aromatic N) is 2. The van der Waals surface area contributed by atoms with Gasteiger partial charge in [-0.05, 0) is 24.1 Å². The van der Waals surface area contributed by atoms with Crippen LogP contribution in [0, 0.1) is 11.3 Å². The molecule has 2 rings (SSSR count). The first-order valence-electron chi connectivity index (χ1n) is 6.46. The Morgan fingerprint density at radius 3 is 2.47 bits per heavy atom. The Hall–Kier alpha value is -2.34. The summed E-state index contributed by atoms with van der Waals surface area (Å²) >= 11 is 0. The van der Waals surface area contributed by atoms with Gasteiger partial charge < -0.3 is 5.32 Å². The van der Waals surface area contributed by atoms with Gasteiger partial charge in [-0.3, -0.25) is 0 Å². The fraction of sp³-hybridized carbons (Fsp3) is 0.250. The second kappa shape index (κ2) is 6.01. The number of benzene rings is 1. The molecular weight excluding hydrogens is 234 g/mol. The highest BCUT2D eigenvalue weighted by molar-refractivity contribution is 5.64. The zero-order chi connectivity index (χ0) is 13.7. The molecule has 96 valence electrons. The van der Waals surface area contributed by atoms with Crippen molar-refractivity contribution >= 4 is 5.82 Å². The minimum absolute atomic E-state index is 0.564. The topological polar surface area (TPSA) is 48.7 Å². The van der Waals surface area contributed by atoms with E-state index in [2.05, 4.69) is 47.6 Å². The second-order valence-corrected chi connectivity index (χ2v) is 4.40. The van der Waals surface area contributed by atoms with Crippen molar-refractivity contribution in [3.63, 3.8) is 0 Å². The highest BCUT2D eigenvalue weighted by atomic mass is 15.0. The zero-order valence-corrected chi connectivity index (χ0v) is 11.3. The molecule has 0 spiro atoms. The van der Waals surface area contributed by atoms with Crippen LogP contribution in [0.25, 0.3) is 11.3 Å². The molecule has 0 aliphatic rings. The van der Waals surface area contributed by atoms with Crippen LogP contribution in [0.15, 0.2) is 36.4 Å². The van der Waals surface area contributed by atoms with Crippen LogP contribution in [0.4, 0.5) is 5.82 Å². The third-order valence-electron chi connectivity index (χ3n) is 3.04. The maximum atomic E-state index is 8.98. The van der Waals surface area contributed by atoms with Crippen LogP contribution in [0.5, 0.6) is 0 Å². The molecule has 0 bridgehead atoms. The average Bonchev–Trinajstić information content (AvgIpc) is 2.47. The molecule has 0 saturated carbocycles. The first-order chi connectivity index (χ1) is 9.28. The van der Waals surface area contributed by atoms with Gasteiger partial charge in [-0.25, -0.2) is 4.98 Å². The van der Waals surface area contributed by atoms with Crippen molar-refractivity contribution in [1.29, 1.82) is 5.26 Å². The fourth-order valence-corrected chi connectivity index (χ4v) is 2.03. The summed E-state index contributed by atoms with van der Waals surface area (Å²) in [4.78, 5) is 4.47. The molecule has 0 aliphatic carbocycles. The van der Waals surface area contributed by atoms with E-state index in [1.54, 1.807) is 13.1 Å². The van der Waals surface area contributed by atoms with Crippen LogP contribution in [-0.4, -0.2) is 12.0 Å². The van der Waals surface area contributed by atoms with Gasteiger partial charge in [-0.15, -0.1) is 0 Å². The summed E-state index contributed by atoms with van der Waals surface area (Å²) in [5.74, 6) is 0.623. The number of hydrogen-bond acceptors (Lipinski definition) is 3. The first kappa shape index (κ1) is 13.1. The summed E-state index contributed by atoms with van der Waals surface area (Å²) in [6.45, 7) is 2.18. The molecule has 3 heteroatoms. The van der Waals surface area contributed by atoms with E-state index in [-0.39, 0.29) is 0 Å². The lowest BCUT2D eigenvalue weighted by Crippen LogP contribution is -1.97. The lowest BCUT2D eigenvalue weighted by Gasteiger charge is -2.07. The van der Waals surface area contributed by atoms with E-state index < -0.39 is 0 Å². The Kier molecular flexibility index (Phi) is 4.15. The van der Waals surface area contributed by atoms with E-state index in [1.165, 1.54) is 5.56 Å². The van der Waals surface area contributed by atoms with Gasteiger partial charge in [0.2, 0.25) is 0 Å². The van der Waals surface area contributed by atoms with Gasteiger partial charge in [-0.2, -0.15) is 5.26 Å². The maximum Gasteiger partial charge on any atom is 0.144 e. The highest BCUT2D eigenvalue weighted by Gasteiger charge is 2.05. The third-order valence-corrected chi connectivity index (χ3v) is 3.04. The monoisotopic (exact) mass is 251 g/mol. The minimum Gasteiger partial charge on any atom is -0.372 e. The Morgan fingerprint density at radius 1 is 1.16 bits per heavy atom. The van der Waals surface area contributed by atoms with Crippen molar-refractivity contribution in [3.8, 4) is 17.3 Å². The van der Waals surface area contributed by atoms with Crippen molar-refractivity contribution in [2.75, 3.05) is 12.4 Å². The molecule has 19 heavy (non-hydrogen) atoms. The average molecular weight is 251 g/mol. The van der Waals surface area contributed by atoms with Crippen molar-refractivity contribution in [2.45, 2.75) is 19.8 Å². The van der Waals surface area contributed by atoms with E-state index in [0.29, 0.717) is 11.4 Å². The van der Waals surface area contributed by atoms with Gasteiger partial charge in [-0.1, -0.05) is 37.6 Å². The van der Waals surface area contributed by atoms with Gasteiger partial charge >= 0.3 is 0 Å². The van der Waals surface area contributed by atoms with Crippen molar-refractivity contribution in [3.05, 3.63) is 47.5 Å². The molecule has 0 fully saturated rings. The van der Waals surface area contributed by atoms with Crippen LogP contribution >= 0.6 is 0 Å². The van der Waals surface area contributed by atoms with Crippen LogP contribution in [0.3, 0.4) is 0 Å². The second-order valence-electron chi connectivity index (χ2n) is 4.40. The Bertz CT molecular complexity index is 594. The number of aryl methyl sites for hydroxylation is 1. The number of nitrogens with one attached hydrogen (secondary N) is 1.